The normalized spacial score (nSPS) is 17.4. The van der Waals surface area contributed by atoms with Crippen molar-refractivity contribution in [1.29, 1.82) is 0 Å². The summed E-state index contributed by atoms with van der Waals surface area (Å²) in [7, 11) is 5.81. The lowest BCUT2D eigenvalue weighted by molar-refractivity contribution is -0.133. The summed E-state index contributed by atoms with van der Waals surface area (Å²) < 4.78 is 5.07. The van der Waals surface area contributed by atoms with Gasteiger partial charge in [0, 0.05) is 46.3 Å². The van der Waals surface area contributed by atoms with E-state index in [-0.39, 0.29) is 0 Å². The lowest BCUT2D eigenvalue weighted by Gasteiger charge is -2.34. The maximum atomic E-state index is 12.0. The maximum absolute atomic E-state index is 12.0. The fraction of sp³-hybridized carbons (Fsp3) is 0.923. The predicted molar refractivity (Wildman–Crippen MR) is 72.7 cm³/mol. The molecule has 0 radical (unpaired) electrons. The molecule has 1 aliphatic rings. The minimum absolute atomic E-state index is 0.309. The largest absolute Gasteiger partial charge is 0.383 e. The van der Waals surface area contributed by atoms with Crippen LogP contribution < -0.4 is 0 Å². The van der Waals surface area contributed by atoms with Gasteiger partial charge in [-0.15, -0.1) is 0 Å². The first-order chi connectivity index (χ1) is 8.63. The van der Waals surface area contributed by atoms with Crippen molar-refractivity contribution in [2.75, 3.05) is 67.1 Å². The van der Waals surface area contributed by atoms with Gasteiger partial charge in [-0.3, -0.25) is 9.69 Å². The summed E-state index contributed by atoms with van der Waals surface area (Å²) in [6, 6.07) is 0. The highest BCUT2D eigenvalue weighted by Gasteiger charge is 2.20. The summed E-state index contributed by atoms with van der Waals surface area (Å²) in [5, 5.41) is 0. The van der Waals surface area contributed by atoms with Crippen LogP contribution in [0.25, 0.3) is 0 Å². The van der Waals surface area contributed by atoms with E-state index in [4.69, 9.17) is 4.74 Å². The van der Waals surface area contributed by atoms with Crippen LogP contribution in [0.1, 0.15) is 12.8 Å². The molecule has 5 heteroatoms. The summed E-state index contributed by atoms with van der Waals surface area (Å²) in [6.07, 6.45) is 1.63. The number of methoxy groups -OCH3 is 1. The summed E-state index contributed by atoms with van der Waals surface area (Å²) in [4.78, 5) is 18.4. The second-order valence-corrected chi connectivity index (χ2v) is 5.12. The van der Waals surface area contributed by atoms with Crippen molar-refractivity contribution in [3.8, 4) is 0 Å². The average Bonchev–Trinajstić information content (AvgIpc) is 2.36. The van der Waals surface area contributed by atoms with Crippen LogP contribution in [0.3, 0.4) is 0 Å². The zero-order valence-corrected chi connectivity index (χ0v) is 12.0. The Bertz CT molecular complexity index is 238. The van der Waals surface area contributed by atoms with Gasteiger partial charge in [-0.2, -0.15) is 0 Å². The van der Waals surface area contributed by atoms with E-state index in [0.29, 0.717) is 12.3 Å². The predicted octanol–water partition coefficient (Wildman–Crippen LogP) is 0.119. The molecule has 0 unspecified atom stereocenters. The van der Waals surface area contributed by atoms with Crippen molar-refractivity contribution in [3.05, 3.63) is 0 Å². The summed E-state index contributed by atoms with van der Waals surface area (Å²) >= 11 is 0. The number of carbonyl (C=O) groups is 1. The third-order valence-electron chi connectivity index (χ3n) is 3.33. The van der Waals surface area contributed by atoms with E-state index in [2.05, 4.69) is 9.80 Å². The third kappa shape index (κ3) is 5.80. The van der Waals surface area contributed by atoms with Gasteiger partial charge in [0.25, 0.3) is 0 Å². The highest BCUT2D eigenvalue weighted by molar-refractivity contribution is 5.76. The van der Waals surface area contributed by atoms with Gasteiger partial charge in [-0.25, -0.2) is 0 Å². The second-order valence-electron chi connectivity index (χ2n) is 5.12. The monoisotopic (exact) mass is 257 g/mol. The van der Waals surface area contributed by atoms with Crippen molar-refractivity contribution < 1.29 is 9.53 Å². The van der Waals surface area contributed by atoms with E-state index in [1.165, 1.54) is 0 Å². The van der Waals surface area contributed by atoms with E-state index < -0.39 is 0 Å². The Labute approximate surface area is 111 Å². The van der Waals surface area contributed by atoms with Crippen LogP contribution in [0.15, 0.2) is 0 Å². The molecule has 106 valence electrons. The van der Waals surface area contributed by atoms with Crippen LogP contribution in [-0.2, 0) is 9.53 Å². The molecule has 18 heavy (non-hydrogen) atoms. The Balaban J connectivity index is 2.15. The molecule has 0 atom stereocenters. The van der Waals surface area contributed by atoms with Crippen LogP contribution in [0.4, 0.5) is 0 Å². The Morgan fingerprint density at radius 2 is 1.89 bits per heavy atom. The molecule has 0 N–H and O–H groups in total. The maximum Gasteiger partial charge on any atom is 0.222 e. The highest BCUT2D eigenvalue weighted by atomic mass is 16.5. The topological polar surface area (TPSA) is 36.0 Å². The fourth-order valence-electron chi connectivity index (χ4n) is 2.15. The smallest absolute Gasteiger partial charge is 0.222 e. The zero-order chi connectivity index (χ0) is 13.4. The van der Waals surface area contributed by atoms with Gasteiger partial charge >= 0.3 is 0 Å². The molecule has 1 saturated heterocycles. The van der Waals surface area contributed by atoms with Gasteiger partial charge in [-0.1, -0.05) is 0 Å². The summed E-state index contributed by atoms with van der Waals surface area (Å²) in [5.41, 5.74) is 0. The van der Waals surface area contributed by atoms with E-state index >= 15 is 0 Å². The highest BCUT2D eigenvalue weighted by Crippen LogP contribution is 2.05. The number of rotatable bonds is 7. The molecule has 0 aliphatic carbocycles. The fourth-order valence-corrected chi connectivity index (χ4v) is 2.15. The molecule has 5 nitrogen and oxygen atoms in total. The van der Waals surface area contributed by atoms with Gasteiger partial charge < -0.3 is 14.5 Å². The van der Waals surface area contributed by atoms with Crippen LogP contribution in [-0.4, -0.2) is 87.7 Å². The Kier molecular flexibility index (Phi) is 7.23. The van der Waals surface area contributed by atoms with Crippen molar-refractivity contribution >= 4 is 5.91 Å². The average molecular weight is 257 g/mol. The number of piperazine rings is 1. The SMILES string of the molecule is COCCN1CCN(C(=O)CCCN(C)C)CC1. The molecule has 0 aromatic heterocycles. The summed E-state index contributed by atoms with van der Waals surface area (Å²) in [6.45, 7) is 6.41. The van der Waals surface area contributed by atoms with E-state index in [1.807, 2.05) is 19.0 Å². The first-order valence-electron chi connectivity index (χ1n) is 6.77. The van der Waals surface area contributed by atoms with Gasteiger partial charge in [0.05, 0.1) is 6.61 Å². The van der Waals surface area contributed by atoms with Gasteiger partial charge in [0.15, 0.2) is 0 Å². The van der Waals surface area contributed by atoms with Gasteiger partial charge in [0.1, 0.15) is 0 Å². The van der Waals surface area contributed by atoms with Gasteiger partial charge in [-0.05, 0) is 27.1 Å². The summed E-state index contributed by atoms with van der Waals surface area (Å²) in [5.74, 6) is 0.309. The first-order valence-corrected chi connectivity index (χ1v) is 6.77. The number of ether oxygens (including phenoxy) is 1. The minimum Gasteiger partial charge on any atom is -0.383 e. The number of hydrogen-bond acceptors (Lipinski definition) is 4. The first kappa shape index (κ1) is 15.4. The molecule has 1 aliphatic heterocycles. The van der Waals surface area contributed by atoms with E-state index in [9.17, 15) is 4.79 Å². The standard InChI is InChI=1S/C13H27N3O2/c1-14(2)6-4-5-13(17)16-9-7-15(8-10-16)11-12-18-3/h4-12H2,1-3H3. The van der Waals surface area contributed by atoms with Gasteiger partial charge in [0.2, 0.25) is 5.91 Å². The molecule has 1 fully saturated rings. The number of hydrogen-bond donors (Lipinski definition) is 0. The quantitative estimate of drug-likeness (QED) is 0.649. The Hall–Kier alpha value is -0.650. The molecule has 0 spiro atoms. The van der Waals surface area contributed by atoms with Crippen molar-refractivity contribution in [2.45, 2.75) is 12.8 Å². The van der Waals surface area contributed by atoms with Crippen LogP contribution in [0.2, 0.25) is 0 Å². The van der Waals surface area contributed by atoms with E-state index in [1.54, 1.807) is 7.11 Å². The van der Waals surface area contributed by atoms with Crippen molar-refractivity contribution in [3.63, 3.8) is 0 Å². The molecule has 0 saturated carbocycles. The van der Waals surface area contributed by atoms with Crippen LogP contribution in [0, 0.1) is 0 Å². The van der Waals surface area contributed by atoms with Crippen molar-refractivity contribution in [2.24, 2.45) is 0 Å². The third-order valence-corrected chi connectivity index (χ3v) is 3.33. The second kappa shape index (κ2) is 8.45. The van der Waals surface area contributed by atoms with E-state index in [0.717, 1.165) is 52.3 Å². The molecular weight excluding hydrogens is 230 g/mol. The number of nitrogens with zero attached hydrogens (tertiary/aromatic N) is 3. The lowest BCUT2D eigenvalue weighted by Crippen LogP contribution is -2.49. The number of amides is 1. The molecule has 1 rings (SSSR count). The Morgan fingerprint density at radius 1 is 1.22 bits per heavy atom. The zero-order valence-electron chi connectivity index (χ0n) is 12.0. The molecule has 0 aromatic rings. The van der Waals surface area contributed by atoms with Crippen molar-refractivity contribution in [1.82, 2.24) is 14.7 Å². The Morgan fingerprint density at radius 3 is 2.44 bits per heavy atom. The minimum atomic E-state index is 0.309. The molecular formula is C13H27N3O2. The lowest BCUT2D eigenvalue weighted by atomic mass is 10.2. The molecule has 0 bridgehead atoms. The van der Waals surface area contributed by atoms with Crippen LogP contribution >= 0.6 is 0 Å². The number of carbonyl (C=O) groups excluding carboxylic acids is 1. The van der Waals surface area contributed by atoms with Crippen LogP contribution in [0.5, 0.6) is 0 Å². The molecule has 0 aromatic carbocycles. The molecule has 1 heterocycles. The molecule has 1 amide bonds.